The van der Waals surface area contributed by atoms with Gasteiger partial charge in [-0.15, -0.1) is 0 Å². The molecule has 2 rings (SSSR count). The fourth-order valence-corrected chi connectivity index (χ4v) is 2.38. The third-order valence-electron chi connectivity index (χ3n) is 3.42. The van der Waals surface area contributed by atoms with E-state index in [0.717, 1.165) is 0 Å². The minimum atomic E-state index is -1.12. The van der Waals surface area contributed by atoms with E-state index in [1.807, 2.05) is 6.92 Å². The largest absolute Gasteiger partial charge is 0.493 e. The average Bonchev–Trinajstić information content (AvgIpc) is 2.67. The van der Waals surface area contributed by atoms with Gasteiger partial charge in [0.05, 0.1) is 19.9 Å². The monoisotopic (exact) mass is 406 g/mol. The number of carbonyl (C=O) groups is 2. The molecule has 0 spiro atoms. The van der Waals surface area contributed by atoms with Crippen LogP contribution in [0, 0.1) is 0 Å². The summed E-state index contributed by atoms with van der Waals surface area (Å²) in [4.78, 5) is 23.0. The first kappa shape index (κ1) is 21.0. The van der Waals surface area contributed by atoms with Crippen molar-refractivity contribution in [1.82, 2.24) is 5.43 Å². The first-order chi connectivity index (χ1) is 13.4. The first-order valence-electron chi connectivity index (χ1n) is 8.23. The lowest BCUT2D eigenvalue weighted by Gasteiger charge is -2.10. The van der Waals surface area contributed by atoms with Crippen molar-refractivity contribution >= 4 is 29.7 Å². The number of methoxy groups -OCH3 is 1. The van der Waals surface area contributed by atoms with Gasteiger partial charge >= 0.3 is 5.97 Å². The second kappa shape index (κ2) is 10.2. The van der Waals surface area contributed by atoms with E-state index < -0.39 is 18.5 Å². The van der Waals surface area contributed by atoms with Crippen LogP contribution in [0.5, 0.6) is 17.2 Å². The molecule has 0 heterocycles. The van der Waals surface area contributed by atoms with Crippen LogP contribution in [0.25, 0.3) is 0 Å². The molecule has 0 aliphatic carbocycles. The van der Waals surface area contributed by atoms with Crippen molar-refractivity contribution in [1.29, 1.82) is 0 Å². The zero-order valence-corrected chi connectivity index (χ0v) is 16.0. The minimum absolute atomic E-state index is 0.271. The van der Waals surface area contributed by atoms with Gasteiger partial charge in [-0.05, 0) is 43.3 Å². The van der Waals surface area contributed by atoms with E-state index in [1.54, 1.807) is 24.3 Å². The highest BCUT2D eigenvalue weighted by atomic mass is 35.5. The van der Waals surface area contributed by atoms with Crippen LogP contribution >= 0.6 is 11.6 Å². The Hall–Kier alpha value is -3.26. The number of ether oxygens (including phenoxy) is 3. The number of hydrogen-bond acceptors (Lipinski definition) is 6. The van der Waals surface area contributed by atoms with E-state index in [-0.39, 0.29) is 5.75 Å². The summed E-state index contributed by atoms with van der Waals surface area (Å²) in [5, 5.41) is 13.0. The number of aliphatic carboxylic acids is 1. The second-order valence-electron chi connectivity index (χ2n) is 5.36. The smallest absolute Gasteiger partial charge is 0.341 e. The van der Waals surface area contributed by atoms with Gasteiger partial charge in [-0.25, -0.2) is 10.2 Å². The summed E-state index contributed by atoms with van der Waals surface area (Å²) in [5.41, 5.74) is 3.13. The Kier molecular flexibility index (Phi) is 7.65. The van der Waals surface area contributed by atoms with E-state index in [4.69, 9.17) is 30.9 Å². The maximum Gasteiger partial charge on any atom is 0.341 e. The number of hydrazone groups is 1. The molecule has 2 aromatic rings. The average molecular weight is 407 g/mol. The molecule has 8 nitrogen and oxygen atoms in total. The van der Waals surface area contributed by atoms with Crippen molar-refractivity contribution in [3.63, 3.8) is 0 Å². The third kappa shape index (κ3) is 5.88. The Labute approximate surface area is 166 Å². The summed E-state index contributed by atoms with van der Waals surface area (Å²) in [6, 6.07) is 9.36. The summed E-state index contributed by atoms with van der Waals surface area (Å²) in [6.07, 6.45) is 1.31. The summed E-state index contributed by atoms with van der Waals surface area (Å²) >= 11 is 5.95. The van der Waals surface area contributed by atoms with Crippen LogP contribution in [0.4, 0.5) is 0 Å². The first-order valence-corrected chi connectivity index (χ1v) is 8.60. The maximum atomic E-state index is 12.3. The van der Waals surface area contributed by atoms with Gasteiger partial charge < -0.3 is 19.3 Å². The molecule has 1 amide bonds. The number of halogens is 1. The van der Waals surface area contributed by atoms with Crippen molar-refractivity contribution in [2.24, 2.45) is 5.10 Å². The minimum Gasteiger partial charge on any atom is -0.493 e. The van der Waals surface area contributed by atoms with Crippen LogP contribution in [0.3, 0.4) is 0 Å². The molecule has 148 valence electrons. The summed E-state index contributed by atoms with van der Waals surface area (Å²) in [7, 11) is 1.51. The van der Waals surface area contributed by atoms with Crippen LogP contribution in [0.1, 0.15) is 22.8 Å². The van der Waals surface area contributed by atoms with Crippen molar-refractivity contribution in [3.8, 4) is 17.2 Å². The van der Waals surface area contributed by atoms with Gasteiger partial charge in [0.1, 0.15) is 5.75 Å². The maximum absolute atomic E-state index is 12.3. The van der Waals surface area contributed by atoms with Crippen LogP contribution < -0.4 is 19.6 Å². The molecule has 0 aromatic heterocycles. The van der Waals surface area contributed by atoms with Crippen LogP contribution in [-0.2, 0) is 4.79 Å². The molecule has 0 bridgehead atoms. The molecule has 0 unspecified atom stereocenters. The van der Waals surface area contributed by atoms with Crippen molar-refractivity contribution in [2.45, 2.75) is 6.92 Å². The number of hydrogen-bond donors (Lipinski definition) is 2. The zero-order chi connectivity index (χ0) is 20.5. The lowest BCUT2D eigenvalue weighted by atomic mass is 10.2. The Bertz CT molecular complexity index is 885. The standard InChI is InChI=1S/C19H19ClN2O6/c1-3-27-17-9-12(4-6-16(17)26-2)19(25)22-21-10-13-8-14(20)5-7-15(13)28-11-18(23)24/h4-10H,3,11H2,1-2H3,(H,22,25)(H,23,24)/b21-10+. The number of carboxylic acids is 1. The summed E-state index contributed by atoms with van der Waals surface area (Å²) < 4.78 is 15.8. The Balaban J connectivity index is 2.12. The third-order valence-corrected chi connectivity index (χ3v) is 3.65. The molecule has 28 heavy (non-hydrogen) atoms. The number of benzene rings is 2. The highest BCUT2D eigenvalue weighted by Crippen LogP contribution is 2.28. The predicted molar refractivity (Wildman–Crippen MR) is 104 cm³/mol. The summed E-state index contributed by atoms with van der Waals surface area (Å²) in [5.74, 6) is -0.347. The fourth-order valence-electron chi connectivity index (χ4n) is 2.20. The van der Waals surface area contributed by atoms with Gasteiger partial charge in [-0.3, -0.25) is 4.79 Å². The fraction of sp³-hybridized carbons (Fsp3) is 0.211. The van der Waals surface area contributed by atoms with Gasteiger partial charge in [0.2, 0.25) is 0 Å². The molecule has 0 saturated carbocycles. The zero-order valence-electron chi connectivity index (χ0n) is 15.3. The number of amides is 1. The van der Waals surface area contributed by atoms with Gasteiger partial charge in [0.15, 0.2) is 18.1 Å². The molecular formula is C19H19ClN2O6. The lowest BCUT2D eigenvalue weighted by Crippen LogP contribution is -2.18. The van der Waals surface area contributed by atoms with Gasteiger partial charge in [-0.2, -0.15) is 5.10 Å². The van der Waals surface area contributed by atoms with E-state index in [0.29, 0.717) is 34.3 Å². The number of carbonyl (C=O) groups excluding carboxylic acids is 1. The van der Waals surface area contributed by atoms with E-state index in [9.17, 15) is 9.59 Å². The molecule has 0 saturated heterocycles. The van der Waals surface area contributed by atoms with Gasteiger partial charge in [0, 0.05) is 16.1 Å². The normalized spacial score (nSPS) is 10.5. The van der Waals surface area contributed by atoms with Gasteiger partial charge in [-0.1, -0.05) is 11.6 Å². The van der Waals surface area contributed by atoms with E-state index in [1.165, 1.54) is 25.5 Å². The number of carboxylic acid groups (broad SMARTS) is 1. The Morgan fingerprint density at radius 1 is 1.14 bits per heavy atom. The number of nitrogens with one attached hydrogen (secondary N) is 1. The molecule has 0 aliphatic rings. The van der Waals surface area contributed by atoms with E-state index >= 15 is 0 Å². The van der Waals surface area contributed by atoms with Gasteiger partial charge in [0.25, 0.3) is 5.91 Å². The van der Waals surface area contributed by atoms with Crippen LogP contribution in [0.2, 0.25) is 5.02 Å². The molecule has 2 aromatic carbocycles. The molecular weight excluding hydrogens is 388 g/mol. The SMILES string of the molecule is CCOc1cc(C(=O)N/N=C/c2cc(Cl)ccc2OCC(=O)O)ccc1OC. The van der Waals surface area contributed by atoms with E-state index in [2.05, 4.69) is 10.5 Å². The Morgan fingerprint density at radius 3 is 2.57 bits per heavy atom. The molecule has 2 N–H and O–H groups in total. The van der Waals surface area contributed by atoms with Crippen molar-refractivity contribution in [2.75, 3.05) is 20.3 Å². The van der Waals surface area contributed by atoms with Crippen molar-refractivity contribution < 1.29 is 28.9 Å². The molecule has 0 radical (unpaired) electrons. The van der Waals surface area contributed by atoms with Crippen LogP contribution in [-0.4, -0.2) is 43.5 Å². The molecule has 9 heteroatoms. The molecule has 0 fully saturated rings. The summed E-state index contributed by atoms with van der Waals surface area (Å²) in [6.45, 7) is 1.74. The highest BCUT2D eigenvalue weighted by molar-refractivity contribution is 6.30. The van der Waals surface area contributed by atoms with Crippen molar-refractivity contribution in [3.05, 3.63) is 52.5 Å². The number of rotatable bonds is 9. The Morgan fingerprint density at radius 2 is 1.89 bits per heavy atom. The second-order valence-corrected chi connectivity index (χ2v) is 5.80. The quantitative estimate of drug-likeness (QED) is 0.489. The molecule has 0 aliphatic heterocycles. The predicted octanol–water partition coefficient (Wildman–Crippen LogP) is 2.97. The topological polar surface area (TPSA) is 106 Å². The van der Waals surface area contributed by atoms with Crippen LogP contribution in [0.15, 0.2) is 41.5 Å². The highest BCUT2D eigenvalue weighted by Gasteiger charge is 2.11. The molecule has 0 atom stereocenters. The lowest BCUT2D eigenvalue weighted by molar-refractivity contribution is -0.139. The number of nitrogens with zero attached hydrogens (tertiary/aromatic N) is 1.